The Morgan fingerprint density at radius 3 is 3.08 bits per heavy atom. The summed E-state index contributed by atoms with van der Waals surface area (Å²) in [6.07, 6.45) is 1.70. The molecule has 1 unspecified atom stereocenters. The van der Waals surface area contributed by atoms with Crippen LogP contribution in [-0.2, 0) is 9.53 Å². The van der Waals surface area contributed by atoms with E-state index in [9.17, 15) is 4.79 Å². The van der Waals surface area contributed by atoms with Gasteiger partial charge in [-0.1, -0.05) is 6.92 Å². The Hall–Kier alpha value is -0.450. The van der Waals surface area contributed by atoms with Crippen LogP contribution in [0.2, 0.25) is 0 Å². The highest BCUT2D eigenvalue weighted by molar-refractivity contribution is 5.49. The van der Waals surface area contributed by atoms with Crippen LogP contribution >= 0.6 is 0 Å². The quantitative estimate of drug-likeness (QED) is 0.606. The summed E-state index contributed by atoms with van der Waals surface area (Å²) in [5.74, 6) is 0. The average molecular weight is 186 g/mol. The Morgan fingerprint density at radius 1 is 1.69 bits per heavy atom. The number of likely N-dealkylation sites (N-methyl/N-ethyl adjacent to an activating group) is 1. The highest BCUT2D eigenvalue weighted by Gasteiger charge is 2.19. The van der Waals surface area contributed by atoms with Gasteiger partial charge in [-0.15, -0.1) is 0 Å². The molecule has 1 rings (SSSR count). The van der Waals surface area contributed by atoms with Gasteiger partial charge in [0.2, 0.25) is 0 Å². The molecule has 0 bridgehead atoms. The molecule has 0 radical (unpaired) electrons. The van der Waals surface area contributed by atoms with Crippen molar-refractivity contribution < 1.29 is 9.53 Å². The molecule has 1 aliphatic rings. The number of hydrogen-bond acceptors (Lipinski definition) is 4. The number of morpholine rings is 1. The van der Waals surface area contributed by atoms with E-state index in [4.69, 9.17) is 4.74 Å². The minimum absolute atomic E-state index is 0.152. The lowest BCUT2D eigenvalue weighted by Gasteiger charge is -2.33. The van der Waals surface area contributed by atoms with Crippen molar-refractivity contribution in [1.29, 1.82) is 0 Å². The third-order valence-corrected chi connectivity index (χ3v) is 2.26. The van der Waals surface area contributed by atoms with Crippen molar-refractivity contribution in [2.24, 2.45) is 0 Å². The van der Waals surface area contributed by atoms with Crippen molar-refractivity contribution in [3.8, 4) is 0 Å². The third-order valence-electron chi connectivity index (χ3n) is 2.26. The summed E-state index contributed by atoms with van der Waals surface area (Å²) in [4.78, 5) is 12.4. The first-order valence-electron chi connectivity index (χ1n) is 4.88. The Bertz CT molecular complexity index is 147. The second-order valence-corrected chi connectivity index (χ2v) is 3.11. The fourth-order valence-corrected chi connectivity index (χ4v) is 1.51. The van der Waals surface area contributed by atoms with Crippen molar-refractivity contribution in [3.63, 3.8) is 0 Å². The maximum Gasteiger partial charge on any atom is 0.123 e. The normalized spacial score (nSPS) is 23.4. The van der Waals surface area contributed by atoms with E-state index in [2.05, 4.69) is 17.1 Å². The van der Waals surface area contributed by atoms with Gasteiger partial charge in [0, 0.05) is 26.1 Å². The molecule has 1 heterocycles. The number of hydrogen-bond donors (Lipinski definition) is 1. The molecule has 1 fully saturated rings. The summed E-state index contributed by atoms with van der Waals surface area (Å²) >= 11 is 0. The van der Waals surface area contributed by atoms with E-state index in [1.165, 1.54) is 0 Å². The van der Waals surface area contributed by atoms with Crippen LogP contribution in [0.5, 0.6) is 0 Å². The number of rotatable bonds is 5. The lowest BCUT2D eigenvalue weighted by molar-refractivity contribution is -0.110. The fourth-order valence-electron chi connectivity index (χ4n) is 1.51. The summed E-state index contributed by atoms with van der Waals surface area (Å²) in [6, 6.07) is 0. The summed E-state index contributed by atoms with van der Waals surface area (Å²) < 4.78 is 5.58. The van der Waals surface area contributed by atoms with E-state index in [1.807, 2.05) is 0 Å². The summed E-state index contributed by atoms with van der Waals surface area (Å²) in [7, 11) is 0. The van der Waals surface area contributed by atoms with E-state index < -0.39 is 0 Å². The number of ether oxygens (including phenoxy) is 1. The van der Waals surface area contributed by atoms with Crippen molar-refractivity contribution in [2.45, 2.75) is 19.6 Å². The van der Waals surface area contributed by atoms with Crippen LogP contribution in [0.1, 0.15) is 13.3 Å². The van der Waals surface area contributed by atoms with Crippen LogP contribution in [0.25, 0.3) is 0 Å². The molecule has 1 aliphatic heterocycles. The van der Waals surface area contributed by atoms with Gasteiger partial charge in [-0.3, -0.25) is 4.90 Å². The highest BCUT2D eigenvalue weighted by atomic mass is 16.5. The molecule has 0 aliphatic carbocycles. The lowest BCUT2D eigenvalue weighted by Crippen LogP contribution is -2.49. The minimum Gasteiger partial charge on any atom is -0.360 e. The Morgan fingerprint density at radius 2 is 2.54 bits per heavy atom. The zero-order valence-electron chi connectivity index (χ0n) is 8.16. The van der Waals surface area contributed by atoms with E-state index in [0.717, 1.165) is 39.1 Å². The van der Waals surface area contributed by atoms with Gasteiger partial charge in [-0.2, -0.15) is 0 Å². The van der Waals surface area contributed by atoms with Gasteiger partial charge in [0.25, 0.3) is 0 Å². The van der Waals surface area contributed by atoms with Gasteiger partial charge in [0.1, 0.15) is 12.5 Å². The van der Waals surface area contributed by atoms with Gasteiger partial charge in [0.15, 0.2) is 0 Å². The van der Waals surface area contributed by atoms with E-state index >= 15 is 0 Å². The molecule has 4 nitrogen and oxygen atoms in total. The van der Waals surface area contributed by atoms with Crippen LogP contribution in [0.3, 0.4) is 0 Å². The zero-order chi connectivity index (χ0) is 9.52. The molecule has 1 atom stereocenters. The number of carbonyl (C=O) groups excluding carboxylic acids is 1. The first-order valence-corrected chi connectivity index (χ1v) is 4.88. The van der Waals surface area contributed by atoms with Gasteiger partial charge >= 0.3 is 0 Å². The van der Waals surface area contributed by atoms with Gasteiger partial charge in [-0.25, -0.2) is 0 Å². The van der Waals surface area contributed by atoms with Crippen molar-refractivity contribution in [1.82, 2.24) is 10.2 Å². The molecule has 1 saturated heterocycles. The molecule has 76 valence electrons. The van der Waals surface area contributed by atoms with Crippen LogP contribution in [0.15, 0.2) is 0 Å². The average Bonchev–Trinajstić information content (AvgIpc) is 2.21. The van der Waals surface area contributed by atoms with Crippen molar-refractivity contribution in [3.05, 3.63) is 0 Å². The summed E-state index contributed by atoms with van der Waals surface area (Å²) in [6.45, 7) is 6.38. The molecule has 0 amide bonds. The number of nitrogens with one attached hydrogen (secondary N) is 1. The second kappa shape index (κ2) is 6.07. The highest BCUT2D eigenvalue weighted by Crippen LogP contribution is 2.03. The van der Waals surface area contributed by atoms with E-state index in [0.29, 0.717) is 6.42 Å². The number of aldehydes is 1. The van der Waals surface area contributed by atoms with Crippen LogP contribution in [0.4, 0.5) is 0 Å². The minimum atomic E-state index is 0.152. The Labute approximate surface area is 79.2 Å². The monoisotopic (exact) mass is 186 g/mol. The Balaban J connectivity index is 2.29. The number of carbonyl (C=O) groups is 1. The Kier molecular flexibility index (Phi) is 4.97. The molecular weight excluding hydrogens is 168 g/mol. The maximum atomic E-state index is 10.2. The fraction of sp³-hybridized carbons (Fsp3) is 0.889. The van der Waals surface area contributed by atoms with Crippen molar-refractivity contribution >= 4 is 6.29 Å². The SMILES string of the molecule is CCN(CCC=O)C1CNCCO1. The standard InChI is InChI=1S/C9H18N2O2/c1-2-11(5-3-6-12)9-8-10-4-7-13-9/h6,9-10H,2-5,7-8H2,1H3. The van der Waals surface area contributed by atoms with Gasteiger partial charge in [-0.05, 0) is 6.54 Å². The molecule has 13 heavy (non-hydrogen) atoms. The first kappa shape index (κ1) is 10.6. The van der Waals surface area contributed by atoms with Crippen LogP contribution in [0, 0.1) is 0 Å². The summed E-state index contributed by atoms with van der Waals surface area (Å²) in [5.41, 5.74) is 0. The van der Waals surface area contributed by atoms with Crippen molar-refractivity contribution in [2.75, 3.05) is 32.8 Å². The molecule has 0 aromatic carbocycles. The number of nitrogens with zero attached hydrogens (tertiary/aromatic N) is 1. The lowest BCUT2D eigenvalue weighted by atomic mass is 10.3. The molecule has 0 spiro atoms. The molecule has 0 saturated carbocycles. The second-order valence-electron chi connectivity index (χ2n) is 3.11. The van der Waals surface area contributed by atoms with Gasteiger partial charge < -0.3 is 14.8 Å². The third kappa shape index (κ3) is 3.42. The van der Waals surface area contributed by atoms with E-state index in [1.54, 1.807) is 0 Å². The molecule has 0 aromatic rings. The van der Waals surface area contributed by atoms with E-state index in [-0.39, 0.29) is 6.23 Å². The van der Waals surface area contributed by atoms with Gasteiger partial charge in [0.05, 0.1) is 6.61 Å². The molecule has 0 aromatic heterocycles. The largest absolute Gasteiger partial charge is 0.360 e. The van der Waals surface area contributed by atoms with Crippen LogP contribution < -0.4 is 5.32 Å². The molecular formula is C9H18N2O2. The molecule has 4 heteroatoms. The smallest absolute Gasteiger partial charge is 0.123 e. The summed E-state index contributed by atoms with van der Waals surface area (Å²) in [5, 5.41) is 3.27. The zero-order valence-corrected chi connectivity index (χ0v) is 8.16. The predicted octanol–water partition coefficient (Wildman–Crippen LogP) is -0.157. The topological polar surface area (TPSA) is 41.6 Å². The predicted molar refractivity (Wildman–Crippen MR) is 50.5 cm³/mol. The maximum absolute atomic E-state index is 10.2. The molecule has 1 N–H and O–H groups in total. The van der Waals surface area contributed by atoms with Crippen LogP contribution in [-0.4, -0.2) is 50.2 Å². The first-order chi connectivity index (χ1) is 6.38.